The van der Waals surface area contributed by atoms with Crippen LogP contribution in [0.15, 0.2) is 12.3 Å². The maximum atomic E-state index is 11.0. The Hall–Kier alpha value is -1.69. The SMILES string of the molecule is COC(=O)Cc1c([N+](=O)[O-])ccnc1Cl. The molecule has 0 amide bonds. The van der Waals surface area contributed by atoms with Gasteiger partial charge >= 0.3 is 5.97 Å². The highest BCUT2D eigenvalue weighted by Crippen LogP contribution is 2.24. The van der Waals surface area contributed by atoms with E-state index in [0.717, 1.165) is 0 Å². The maximum Gasteiger partial charge on any atom is 0.310 e. The molecule has 0 saturated carbocycles. The van der Waals surface area contributed by atoms with E-state index in [1.54, 1.807) is 0 Å². The van der Waals surface area contributed by atoms with E-state index in [0.29, 0.717) is 0 Å². The molecule has 0 fully saturated rings. The molecule has 0 aromatic carbocycles. The smallest absolute Gasteiger partial charge is 0.310 e. The Morgan fingerprint density at radius 3 is 2.93 bits per heavy atom. The van der Waals surface area contributed by atoms with Crippen LogP contribution in [-0.4, -0.2) is 23.0 Å². The Kier molecular flexibility index (Phi) is 3.56. The van der Waals surface area contributed by atoms with Crippen LogP contribution in [0.4, 0.5) is 5.69 Å². The number of rotatable bonds is 3. The first-order valence-electron chi connectivity index (χ1n) is 3.91. The second-order valence-electron chi connectivity index (χ2n) is 2.61. The molecule has 0 spiro atoms. The number of nitrogens with zero attached hydrogens (tertiary/aromatic N) is 2. The van der Waals surface area contributed by atoms with Gasteiger partial charge in [0.05, 0.1) is 24.0 Å². The summed E-state index contributed by atoms with van der Waals surface area (Å²) in [5.41, 5.74) is -0.170. The largest absolute Gasteiger partial charge is 0.469 e. The van der Waals surface area contributed by atoms with E-state index in [2.05, 4.69) is 9.72 Å². The van der Waals surface area contributed by atoms with Crippen molar-refractivity contribution < 1.29 is 14.5 Å². The molecule has 1 rings (SSSR count). The summed E-state index contributed by atoms with van der Waals surface area (Å²) >= 11 is 5.65. The number of aromatic nitrogens is 1. The number of hydrogen-bond donors (Lipinski definition) is 0. The minimum absolute atomic E-state index is 0.0606. The quantitative estimate of drug-likeness (QED) is 0.339. The van der Waals surface area contributed by atoms with E-state index in [9.17, 15) is 14.9 Å². The molecule has 1 aromatic rings. The molecular formula is C8H7ClN2O4. The standard InChI is InChI=1S/C8H7ClN2O4/c1-15-7(12)4-5-6(11(13)14)2-3-10-8(5)9/h2-3H,4H2,1H3. The average molecular weight is 231 g/mol. The van der Waals surface area contributed by atoms with Crippen LogP contribution in [0.3, 0.4) is 0 Å². The fraction of sp³-hybridized carbons (Fsp3) is 0.250. The van der Waals surface area contributed by atoms with Crippen LogP contribution in [0.5, 0.6) is 0 Å². The third kappa shape index (κ3) is 2.63. The highest BCUT2D eigenvalue weighted by atomic mass is 35.5. The Morgan fingerprint density at radius 1 is 1.73 bits per heavy atom. The number of pyridine rings is 1. The van der Waals surface area contributed by atoms with Crippen molar-refractivity contribution in [3.63, 3.8) is 0 Å². The fourth-order valence-electron chi connectivity index (χ4n) is 1.01. The third-order valence-electron chi connectivity index (χ3n) is 1.72. The van der Waals surface area contributed by atoms with Crippen molar-refractivity contribution in [3.05, 3.63) is 33.1 Å². The minimum atomic E-state index is -0.619. The van der Waals surface area contributed by atoms with Crippen molar-refractivity contribution in [2.75, 3.05) is 7.11 Å². The molecule has 0 aliphatic rings. The number of carbonyl (C=O) groups is 1. The van der Waals surface area contributed by atoms with Crippen molar-refractivity contribution in [3.8, 4) is 0 Å². The van der Waals surface area contributed by atoms with Gasteiger partial charge in [0, 0.05) is 12.3 Å². The Morgan fingerprint density at radius 2 is 2.40 bits per heavy atom. The molecule has 6 nitrogen and oxygen atoms in total. The molecule has 0 aliphatic heterocycles. The number of nitro groups is 1. The topological polar surface area (TPSA) is 82.3 Å². The first kappa shape index (κ1) is 11.4. The zero-order chi connectivity index (χ0) is 11.4. The second-order valence-corrected chi connectivity index (χ2v) is 2.97. The first-order chi connectivity index (χ1) is 7.06. The van der Waals surface area contributed by atoms with Crippen molar-refractivity contribution in [2.24, 2.45) is 0 Å². The van der Waals surface area contributed by atoms with Crippen LogP contribution in [0.1, 0.15) is 5.56 Å². The molecule has 0 atom stereocenters. The average Bonchev–Trinajstić information content (AvgIpc) is 2.20. The molecule has 7 heteroatoms. The van der Waals surface area contributed by atoms with Gasteiger partial charge in [-0.15, -0.1) is 0 Å². The molecule has 0 bridgehead atoms. The number of methoxy groups -OCH3 is 1. The molecule has 0 aliphatic carbocycles. The summed E-state index contributed by atoms with van der Waals surface area (Å²) in [6, 6.07) is 1.18. The van der Waals surface area contributed by atoms with E-state index >= 15 is 0 Å². The van der Waals surface area contributed by atoms with E-state index < -0.39 is 10.9 Å². The van der Waals surface area contributed by atoms with Gasteiger partial charge in [0.2, 0.25) is 0 Å². The Labute approximate surface area is 90.0 Å². The number of esters is 1. The Balaban J connectivity index is 3.13. The van der Waals surface area contributed by atoms with Gasteiger partial charge in [0.25, 0.3) is 5.69 Å². The molecule has 0 saturated heterocycles. The minimum Gasteiger partial charge on any atom is -0.469 e. The maximum absolute atomic E-state index is 11.0. The molecule has 0 N–H and O–H groups in total. The zero-order valence-electron chi connectivity index (χ0n) is 7.77. The van der Waals surface area contributed by atoms with Crippen LogP contribution in [0.25, 0.3) is 0 Å². The lowest BCUT2D eigenvalue weighted by Gasteiger charge is -2.02. The predicted octanol–water partition coefficient (Wildman–Crippen LogP) is 1.36. The van der Waals surface area contributed by atoms with E-state index in [-0.39, 0.29) is 22.8 Å². The summed E-state index contributed by atoms with van der Waals surface area (Å²) in [5, 5.41) is 10.6. The van der Waals surface area contributed by atoms with Crippen molar-refractivity contribution in [1.82, 2.24) is 4.98 Å². The molecule has 15 heavy (non-hydrogen) atoms. The van der Waals surface area contributed by atoms with Gasteiger partial charge < -0.3 is 4.74 Å². The highest BCUT2D eigenvalue weighted by molar-refractivity contribution is 6.30. The first-order valence-corrected chi connectivity index (χ1v) is 4.28. The zero-order valence-corrected chi connectivity index (χ0v) is 8.52. The van der Waals surface area contributed by atoms with Gasteiger partial charge in [0.15, 0.2) is 0 Å². The van der Waals surface area contributed by atoms with Gasteiger partial charge in [-0.1, -0.05) is 11.6 Å². The van der Waals surface area contributed by atoms with E-state index in [1.807, 2.05) is 0 Å². The lowest BCUT2D eigenvalue weighted by atomic mass is 10.2. The number of ether oxygens (including phenoxy) is 1. The molecule has 1 aromatic heterocycles. The van der Waals surface area contributed by atoms with Gasteiger partial charge in [-0.3, -0.25) is 14.9 Å². The number of carbonyl (C=O) groups excluding carboxylic acids is 1. The predicted molar refractivity (Wildman–Crippen MR) is 51.6 cm³/mol. The second kappa shape index (κ2) is 4.70. The van der Waals surface area contributed by atoms with E-state index in [4.69, 9.17) is 11.6 Å². The molecule has 0 unspecified atom stereocenters. The van der Waals surface area contributed by atoms with Crippen molar-refractivity contribution >= 4 is 23.3 Å². The van der Waals surface area contributed by atoms with E-state index in [1.165, 1.54) is 19.4 Å². The Bertz CT molecular complexity index is 408. The lowest BCUT2D eigenvalue weighted by Crippen LogP contribution is -2.08. The monoisotopic (exact) mass is 230 g/mol. The summed E-state index contributed by atoms with van der Waals surface area (Å²) in [4.78, 5) is 24.6. The van der Waals surface area contributed by atoms with Gasteiger partial charge in [-0.2, -0.15) is 0 Å². The fourth-order valence-corrected chi connectivity index (χ4v) is 1.23. The van der Waals surface area contributed by atoms with Crippen molar-refractivity contribution in [2.45, 2.75) is 6.42 Å². The van der Waals surface area contributed by atoms with Crippen molar-refractivity contribution in [1.29, 1.82) is 0 Å². The van der Waals surface area contributed by atoms with Crippen LogP contribution in [-0.2, 0) is 16.0 Å². The van der Waals surface area contributed by atoms with Crippen LogP contribution in [0.2, 0.25) is 5.15 Å². The molecule has 0 radical (unpaired) electrons. The molecule has 80 valence electrons. The lowest BCUT2D eigenvalue weighted by molar-refractivity contribution is -0.385. The van der Waals surface area contributed by atoms with Gasteiger partial charge in [-0.25, -0.2) is 4.98 Å². The number of hydrogen-bond acceptors (Lipinski definition) is 5. The van der Waals surface area contributed by atoms with Crippen LogP contribution < -0.4 is 0 Å². The summed E-state index contributed by atoms with van der Waals surface area (Å²) in [7, 11) is 1.19. The summed E-state index contributed by atoms with van der Waals surface area (Å²) in [6.45, 7) is 0. The third-order valence-corrected chi connectivity index (χ3v) is 2.05. The highest BCUT2D eigenvalue weighted by Gasteiger charge is 2.20. The molecule has 1 heterocycles. The van der Waals surface area contributed by atoms with Gasteiger partial charge in [-0.05, 0) is 0 Å². The summed E-state index contributed by atoms with van der Waals surface area (Å²) in [5.74, 6) is -0.604. The summed E-state index contributed by atoms with van der Waals surface area (Å²) < 4.78 is 4.40. The summed E-state index contributed by atoms with van der Waals surface area (Å²) in [6.07, 6.45) is 0.945. The molecular weight excluding hydrogens is 224 g/mol. The van der Waals surface area contributed by atoms with Crippen LogP contribution >= 0.6 is 11.6 Å². The normalized spacial score (nSPS) is 9.73. The number of halogens is 1. The van der Waals surface area contributed by atoms with Crippen LogP contribution in [0, 0.1) is 10.1 Å². The van der Waals surface area contributed by atoms with Gasteiger partial charge in [0.1, 0.15) is 5.15 Å².